The maximum atomic E-state index is 11.3. The Morgan fingerprint density at radius 2 is 2.42 bits per heavy atom. The zero-order chi connectivity index (χ0) is 8.97. The highest BCUT2D eigenvalue weighted by atomic mass is 16.1. The molecule has 64 valence electrons. The molecular weight excluding hydrogens is 152 g/mol. The lowest BCUT2D eigenvalue weighted by Gasteiger charge is -1.98. The summed E-state index contributed by atoms with van der Waals surface area (Å²) in [6, 6.07) is 3.49. The number of aryl methyl sites for hydroxylation is 1. The first kappa shape index (κ1) is 8.87. The summed E-state index contributed by atoms with van der Waals surface area (Å²) >= 11 is 0. The monoisotopic (exact) mass is 164 g/mol. The Labute approximate surface area is 71.6 Å². The maximum Gasteiger partial charge on any atom is 0.164 e. The molecule has 1 aromatic rings. The fourth-order valence-corrected chi connectivity index (χ4v) is 0.994. The van der Waals surface area contributed by atoms with Gasteiger partial charge >= 0.3 is 0 Å². The van der Waals surface area contributed by atoms with E-state index in [9.17, 15) is 4.79 Å². The lowest BCUT2D eigenvalue weighted by atomic mass is 10.1. The standard InChI is InChI=1S/C9H12N2O/c1-7-6-8(3-5-11-7)9(12)2-4-10/h3,5-6H,2,4,10H2,1H3. The van der Waals surface area contributed by atoms with Gasteiger partial charge in [-0.1, -0.05) is 0 Å². The van der Waals surface area contributed by atoms with Gasteiger partial charge in [-0.15, -0.1) is 0 Å². The third-order valence-electron chi connectivity index (χ3n) is 1.59. The van der Waals surface area contributed by atoms with Gasteiger partial charge in [0.2, 0.25) is 0 Å². The van der Waals surface area contributed by atoms with E-state index in [2.05, 4.69) is 4.98 Å². The molecule has 0 amide bonds. The summed E-state index contributed by atoms with van der Waals surface area (Å²) in [6.07, 6.45) is 2.04. The Morgan fingerprint density at radius 1 is 1.67 bits per heavy atom. The second-order valence-electron chi connectivity index (χ2n) is 2.65. The summed E-state index contributed by atoms with van der Waals surface area (Å²) in [5.41, 5.74) is 6.83. The van der Waals surface area contributed by atoms with Crippen molar-refractivity contribution in [2.75, 3.05) is 6.54 Å². The molecule has 0 aromatic carbocycles. The molecule has 2 N–H and O–H groups in total. The number of pyridine rings is 1. The van der Waals surface area contributed by atoms with Crippen LogP contribution in [0.5, 0.6) is 0 Å². The normalized spacial score (nSPS) is 9.83. The van der Waals surface area contributed by atoms with E-state index in [4.69, 9.17) is 5.73 Å². The average molecular weight is 164 g/mol. The average Bonchev–Trinajstić information content (AvgIpc) is 2.05. The number of ketones is 1. The summed E-state index contributed by atoms with van der Waals surface area (Å²) < 4.78 is 0. The molecule has 1 heterocycles. The highest BCUT2D eigenvalue weighted by molar-refractivity contribution is 5.96. The van der Waals surface area contributed by atoms with E-state index in [0.29, 0.717) is 18.5 Å². The zero-order valence-electron chi connectivity index (χ0n) is 7.08. The van der Waals surface area contributed by atoms with Gasteiger partial charge < -0.3 is 5.73 Å². The van der Waals surface area contributed by atoms with E-state index in [0.717, 1.165) is 5.69 Å². The molecular formula is C9H12N2O. The van der Waals surface area contributed by atoms with Crippen LogP contribution in [0.3, 0.4) is 0 Å². The van der Waals surface area contributed by atoms with Gasteiger partial charge in [-0.3, -0.25) is 9.78 Å². The predicted molar refractivity (Wildman–Crippen MR) is 47.0 cm³/mol. The molecule has 0 spiro atoms. The molecule has 12 heavy (non-hydrogen) atoms. The van der Waals surface area contributed by atoms with Gasteiger partial charge in [-0.25, -0.2) is 0 Å². The van der Waals surface area contributed by atoms with Gasteiger partial charge in [0.05, 0.1) is 0 Å². The van der Waals surface area contributed by atoms with Crippen LogP contribution in [0.15, 0.2) is 18.3 Å². The Bertz CT molecular complexity index is 284. The molecule has 0 aliphatic heterocycles. The van der Waals surface area contributed by atoms with Gasteiger partial charge in [-0.05, 0) is 25.6 Å². The second-order valence-corrected chi connectivity index (χ2v) is 2.65. The molecule has 0 saturated carbocycles. The van der Waals surface area contributed by atoms with Crippen molar-refractivity contribution in [3.05, 3.63) is 29.6 Å². The smallest absolute Gasteiger partial charge is 0.164 e. The van der Waals surface area contributed by atoms with Crippen molar-refractivity contribution in [2.45, 2.75) is 13.3 Å². The molecule has 3 heteroatoms. The summed E-state index contributed by atoms with van der Waals surface area (Å²) in [5, 5.41) is 0. The zero-order valence-corrected chi connectivity index (χ0v) is 7.08. The first-order valence-electron chi connectivity index (χ1n) is 3.90. The topological polar surface area (TPSA) is 56.0 Å². The summed E-state index contributed by atoms with van der Waals surface area (Å²) in [7, 11) is 0. The first-order valence-corrected chi connectivity index (χ1v) is 3.90. The molecule has 0 radical (unpaired) electrons. The van der Waals surface area contributed by atoms with E-state index in [1.165, 1.54) is 0 Å². The minimum Gasteiger partial charge on any atom is -0.330 e. The van der Waals surface area contributed by atoms with Gasteiger partial charge in [-0.2, -0.15) is 0 Å². The number of rotatable bonds is 3. The van der Waals surface area contributed by atoms with Crippen molar-refractivity contribution in [1.82, 2.24) is 4.98 Å². The molecule has 0 unspecified atom stereocenters. The van der Waals surface area contributed by atoms with Crippen LogP contribution in [0.1, 0.15) is 22.5 Å². The van der Waals surface area contributed by atoms with Crippen molar-refractivity contribution in [2.24, 2.45) is 5.73 Å². The molecule has 1 rings (SSSR count). The Morgan fingerprint density at radius 3 is 3.00 bits per heavy atom. The van der Waals surface area contributed by atoms with E-state index >= 15 is 0 Å². The number of hydrogen-bond donors (Lipinski definition) is 1. The van der Waals surface area contributed by atoms with Crippen LogP contribution >= 0.6 is 0 Å². The third-order valence-corrected chi connectivity index (χ3v) is 1.59. The van der Waals surface area contributed by atoms with Crippen LogP contribution in [0.4, 0.5) is 0 Å². The van der Waals surface area contributed by atoms with Crippen LogP contribution in [-0.4, -0.2) is 17.3 Å². The van der Waals surface area contributed by atoms with Crippen LogP contribution in [0.2, 0.25) is 0 Å². The lowest BCUT2D eigenvalue weighted by molar-refractivity contribution is 0.0985. The van der Waals surface area contributed by atoms with Crippen LogP contribution < -0.4 is 5.73 Å². The first-order chi connectivity index (χ1) is 5.74. The van der Waals surface area contributed by atoms with Crippen LogP contribution in [0.25, 0.3) is 0 Å². The number of carbonyl (C=O) groups excluding carboxylic acids is 1. The highest BCUT2D eigenvalue weighted by Gasteiger charge is 2.03. The Balaban J connectivity index is 2.81. The van der Waals surface area contributed by atoms with Crippen LogP contribution in [-0.2, 0) is 0 Å². The van der Waals surface area contributed by atoms with Crippen molar-refractivity contribution >= 4 is 5.78 Å². The van der Waals surface area contributed by atoms with Gasteiger partial charge in [0, 0.05) is 23.9 Å². The molecule has 0 fully saturated rings. The predicted octanol–water partition coefficient (Wildman–Crippen LogP) is 0.922. The number of nitrogens with zero attached hydrogens (tertiary/aromatic N) is 1. The number of Topliss-reactive ketones (excluding diaryl/α,β-unsaturated/α-hetero) is 1. The number of nitrogens with two attached hydrogens (primary N) is 1. The van der Waals surface area contributed by atoms with Gasteiger partial charge in [0.1, 0.15) is 0 Å². The van der Waals surface area contributed by atoms with Crippen molar-refractivity contribution in [1.29, 1.82) is 0 Å². The summed E-state index contributed by atoms with van der Waals surface area (Å²) in [4.78, 5) is 15.3. The fraction of sp³-hybridized carbons (Fsp3) is 0.333. The molecule has 0 saturated heterocycles. The Hall–Kier alpha value is -1.22. The Kier molecular flexibility index (Phi) is 2.94. The largest absolute Gasteiger partial charge is 0.330 e. The second kappa shape index (κ2) is 3.97. The van der Waals surface area contributed by atoms with Crippen molar-refractivity contribution in [3.63, 3.8) is 0 Å². The molecule has 0 aliphatic carbocycles. The summed E-state index contributed by atoms with van der Waals surface area (Å²) in [5.74, 6) is 0.0861. The SMILES string of the molecule is Cc1cc(C(=O)CCN)ccn1. The third kappa shape index (κ3) is 2.13. The van der Waals surface area contributed by atoms with E-state index in [1.807, 2.05) is 6.92 Å². The molecule has 3 nitrogen and oxygen atoms in total. The van der Waals surface area contributed by atoms with Gasteiger partial charge in [0.15, 0.2) is 5.78 Å². The molecule has 1 aromatic heterocycles. The van der Waals surface area contributed by atoms with E-state index in [1.54, 1.807) is 18.3 Å². The van der Waals surface area contributed by atoms with E-state index < -0.39 is 0 Å². The van der Waals surface area contributed by atoms with Crippen LogP contribution in [0, 0.1) is 6.92 Å². The lowest BCUT2D eigenvalue weighted by Crippen LogP contribution is -2.08. The number of hydrogen-bond acceptors (Lipinski definition) is 3. The number of aromatic nitrogens is 1. The van der Waals surface area contributed by atoms with E-state index in [-0.39, 0.29) is 5.78 Å². The molecule has 0 atom stereocenters. The number of carbonyl (C=O) groups is 1. The minimum absolute atomic E-state index is 0.0861. The summed E-state index contributed by atoms with van der Waals surface area (Å²) in [6.45, 7) is 2.26. The quantitative estimate of drug-likeness (QED) is 0.676. The minimum atomic E-state index is 0.0861. The van der Waals surface area contributed by atoms with Crippen molar-refractivity contribution < 1.29 is 4.79 Å². The molecule has 0 bridgehead atoms. The van der Waals surface area contributed by atoms with Crippen molar-refractivity contribution in [3.8, 4) is 0 Å². The van der Waals surface area contributed by atoms with Gasteiger partial charge in [0.25, 0.3) is 0 Å². The molecule has 0 aliphatic rings. The highest BCUT2D eigenvalue weighted by Crippen LogP contribution is 2.03. The maximum absolute atomic E-state index is 11.3. The fourth-order valence-electron chi connectivity index (χ4n) is 0.994.